The minimum absolute atomic E-state index is 0.495. The molecule has 1 saturated heterocycles. The Morgan fingerprint density at radius 1 is 1.18 bits per heavy atom. The van der Waals surface area contributed by atoms with Crippen LogP contribution in [0.2, 0.25) is 0 Å². The van der Waals surface area contributed by atoms with Gasteiger partial charge in [0.05, 0.1) is 18.2 Å². The fourth-order valence-electron chi connectivity index (χ4n) is 1.87. The van der Waals surface area contributed by atoms with Gasteiger partial charge in [-0.25, -0.2) is 4.98 Å². The van der Waals surface area contributed by atoms with Crippen LogP contribution in [0.4, 0.5) is 5.82 Å². The second kappa shape index (κ2) is 5.29. The molecule has 17 heavy (non-hydrogen) atoms. The number of hydrogen-bond donors (Lipinski definition) is 0. The lowest BCUT2D eigenvalue weighted by molar-refractivity contribution is 0.286. The summed E-state index contributed by atoms with van der Waals surface area (Å²) in [6.45, 7) is 4.01. The largest absolute Gasteiger partial charge is 0.354 e. The van der Waals surface area contributed by atoms with Gasteiger partial charge in [-0.1, -0.05) is 0 Å². The van der Waals surface area contributed by atoms with E-state index in [1.165, 1.54) is 0 Å². The topological polar surface area (TPSA) is 67.0 Å². The van der Waals surface area contributed by atoms with Gasteiger partial charge >= 0.3 is 0 Å². The van der Waals surface area contributed by atoms with Crippen molar-refractivity contribution in [1.29, 1.82) is 10.5 Å². The molecule has 2 rings (SSSR count). The monoisotopic (exact) mass is 227 g/mol. The number of pyridine rings is 1. The van der Waals surface area contributed by atoms with Crippen molar-refractivity contribution in [2.75, 3.05) is 37.6 Å². The molecule has 0 aliphatic carbocycles. The summed E-state index contributed by atoms with van der Waals surface area (Å²) in [5, 5.41) is 17.3. The van der Waals surface area contributed by atoms with Crippen LogP contribution in [0.3, 0.4) is 0 Å². The lowest BCUT2D eigenvalue weighted by atomic mass is 10.2. The standard InChI is InChI=1S/C12H13N5/c13-3-4-16-5-7-17(8-6-16)12-2-1-11(9-14)10-15-12/h1-2,10H,4-8H2. The molecule has 0 bridgehead atoms. The average molecular weight is 227 g/mol. The summed E-state index contributed by atoms with van der Waals surface area (Å²) < 4.78 is 0. The number of anilines is 1. The maximum absolute atomic E-state index is 8.69. The van der Waals surface area contributed by atoms with Crippen LogP contribution in [-0.4, -0.2) is 42.6 Å². The van der Waals surface area contributed by atoms with Crippen molar-refractivity contribution in [2.24, 2.45) is 0 Å². The second-order valence-electron chi connectivity index (χ2n) is 3.94. The number of aromatic nitrogens is 1. The van der Waals surface area contributed by atoms with E-state index >= 15 is 0 Å². The van der Waals surface area contributed by atoms with Gasteiger partial charge in [0.15, 0.2) is 0 Å². The SMILES string of the molecule is N#CCN1CCN(c2ccc(C#N)cn2)CC1. The van der Waals surface area contributed by atoms with Gasteiger partial charge in [-0.05, 0) is 12.1 Å². The van der Waals surface area contributed by atoms with Gasteiger partial charge in [0.1, 0.15) is 11.9 Å². The summed E-state index contributed by atoms with van der Waals surface area (Å²) in [7, 11) is 0. The summed E-state index contributed by atoms with van der Waals surface area (Å²) in [6, 6.07) is 7.87. The van der Waals surface area contributed by atoms with Crippen molar-refractivity contribution in [3.63, 3.8) is 0 Å². The average Bonchev–Trinajstić information content (AvgIpc) is 2.40. The van der Waals surface area contributed by atoms with Crippen LogP contribution in [0.25, 0.3) is 0 Å². The Kier molecular flexibility index (Phi) is 3.54. The predicted octanol–water partition coefficient (Wildman–Crippen LogP) is 0.599. The third kappa shape index (κ3) is 2.72. The first-order valence-corrected chi connectivity index (χ1v) is 5.54. The minimum Gasteiger partial charge on any atom is -0.354 e. The molecule has 1 aliphatic rings. The van der Waals surface area contributed by atoms with E-state index < -0.39 is 0 Å². The van der Waals surface area contributed by atoms with Crippen LogP contribution in [0.1, 0.15) is 5.56 Å². The molecule has 0 spiro atoms. The van der Waals surface area contributed by atoms with Crippen LogP contribution in [-0.2, 0) is 0 Å². The van der Waals surface area contributed by atoms with Crippen LogP contribution < -0.4 is 4.90 Å². The van der Waals surface area contributed by atoms with Gasteiger partial charge in [-0.15, -0.1) is 0 Å². The fraction of sp³-hybridized carbons (Fsp3) is 0.417. The smallest absolute Gasteiger partial charge is 0.128 e. The van der Waals surface area contributed by atoms with Crippen molar-refractivity contribution in [3.05, 3.63) is 23.9 Å². The Balaban J connectivity index is 1.96. The second-order valence-corrected chi connectivity index (χ2v) is 3.94. The highest BCUT2D eigenvalue weighted by atomic mass is 15.3. The number of piperazine rings is 1. The quantitative estimate of drug-likeness (QED) is 0.692. The molecular formula is C12H13N5. The number of rotatable bonds is 2. The van der Waals surface area contributed by atoms with Crippen LogP contribution in [0.15, 0.2) is 18.3 Å². The Labute approximate surface area is 101 Å². The zero-order valence-electron chi connectivity index (χ0n) is 9.50. The number of nitrogens with zero attached hydrogens (tertiary/aromatic N) is 5. The molecule has 0 N–H and O–H groups in total. The molecule has 1 aromatic rings. The molecule has 1 aromatic heterocycles. The van der Waals surface area contributed by atoms with E-state index in [1.807, 2.05) is 6.07 Å². The van der Waals surface area contributed by atoms with Crippen molar-refractivity contribution in [1.82, 2.24) is 9.88 Å². The molecule has 1 aliphatic heterocycles. The lowest BCUT2D eigenvalue weighted by Crippen LogP contribution is -2.46. The van der Waals surface area contributed by atoms with Crippen molar-refractivity contribution in [3.8, 4) is 12.1 Å². The summed E-state index contributed by atoms with van der Waals surface area (Å²) in [5.74, 6) is 0.903. The maximum Gasteiger partial charge on any atom is 0.128 e. The zero-order valence-corrected chi connectivity index (χ0v) is 9.50. The van der Waals surface area contributed by atoms with Crippen LogP contribution >= 0.6 is 0 Å². The Hall–Kier alpha value is -2.11. The van der Waals surface area contributed by atoms with E-state index in [0.29, 0.717) is 12.1 Å². The first-order valence-electron chi connectivity index (χ1n) is 5.54. The van der Waals surface area contributed by atoms with Gasteiger partial charge in [0.2, 0.25) is 0 Å². The van der Waals surface area contributed by atoms with Crippen molar-refractivity contribution < 1.29 is 0 Å². The highest BCUT2D eigenvalue weighted by Crippen LogP contribution is 2.13. The maximum atomic E-state index is 8.69. The fourth-order valence-corrected chi connectivity index (χ4v) is 1.87. The molecule has 1 fully saturated rings. The predicted molar refractivity (Wildman–Crippen MR) is 63.2 cm³/mol. The Bertz CT molecular complexity index is 445. The summed E-state index contributed by atoms with van der Waals surface area (Å²) >= 11 is 0. The molecule has 0 atom stereocenters. The Morgan fingerprint density at radius 2 is 1.94 bits per heavy atom. The van der Waals surface area contributed by atoms with Crippen LogP contribution in [0.5, 0.6) is 0 Å². The van der Waals surface area contributed by atoms with Gasteiger partial charge in [-0.3, -0.25) is 4.90 Å². The van der Waals surface area contributed by atoms with E-state index in [4.69, 9.17) is 10.5 Å². The molecule has 2 heterocycles. The highest BCUT2D eigenvalue weighted by Gasteiger charge is 2.17. The van der Waals surface area contributed by atoms with E-state index in [2.05, 4.69) is 26.9 Å². The molecule has 0 saturated carbocycles. The number of nitriles is 2. The van der Waals surface area contributed by atoms with Crippen molar-refractivity contribution >= 4 is 5.82 Å². The lowest BCUT2D eigenvalue weighted by Gasteiger charge is -2.34. The zero-order chi connectivity index (χ0) is 12.1. The first kappa shape index (κ1) is 11.4. The minimum atomic E-state index is 0.495. The van der Waals surface area contributed by atoms with E-state index in [1.54, 1.807) is 12.3 Å². The normalized spacial score (nSPS) is 16.2. The highest BCUT2D eigenvalue weighted by molar-refractivity contribution is 5.42. The van der Waals surface area contributed by atoms with Crippen molar-refractivity contribution in [2.45, 2.75) is 0 Å². The van der Waals surface area contributed by atoms with Gasteiger partial charge in [0, 0.05) is 32.4 Å². The molecule has 86 valence electrons. The number of hydrogen-bond acceptors (Lipinski definition) is 5. The molecule has 5 nitrogen and oxygen atoms in total. The molecule has 0 amide bonds. The molecule has 0 aromatic carbocycles. The van der Waals surface area contributed by atoms with E-state index in [0.717, 1.165) is 32.0 Å². The van der Waals surface area contributed by atoms with Gasteiger partial charge in [0.25, 0.3) is 0 Å². The summed E-state index contributed by atoms with van der Waals surface area (Å²) in [4.78, 5) is 8.56. The van der Waals surface area contributed by atoms with Crippen LogP contribution in [0, 0.1) is 22.7 Å². The third-order valence-electron chi connectivity index (χ3n) is 2.87. The molecule has 0 radical (unpaired) electrons. The molecule has 0 unspecified atom stereocenters. The summed E-state index contributed by atoms with van der Waals surface area (Å²) in [5.41, 5.74) is 0.580. The summed E-state index contributed by atoms with van der Waals surface area (Å²) in [6.07, 6.45) is 1.59. The van der Waals surface area contributed by atoms with Gasteiger partial charge < -0.3 is 4.90 Å². The molecule has 5 heteroatoms. The third-order valence-corrected chi connectivity index (χ3v) is 2.87. The first-order chi connectivity index (χ1) is 8.33. The molecular weight excluding hydrogens is 214 g/mol. The van der Waals surface area contributed by atoms with Gasteiger partial charge in [-0.2, -0.15) is 10.5 Å². The Morgan fingerprint density at radius 3 is 2.47 bits per heavy atom. The van der Waals surface area contributed by atoms with E-state index in [-0.39, 0.29) is 0 Å². The van der Waals surface area contributed by atoms with E-state index in [9.17, 15) is 0 Å².